The summed E-state index contributed by atoms with van der Waals surface area (Å²) in [5, 5.41) is 7.72. The molecule has 0 radical (unpaired) electrons. The first kappa shape index (κ1) is 18.2. The van der Waals surface area contributed by atoms with Crippen LogP contribution in [0.3, 0.4) is 0 Å². The van der Waals surface area contributed by atoms with Gasteiger partial charge in [0.2, 0.25) is 5.91 Å². The Morgan fingerprint density at radius 3 is 2.75 bits per heavy atom. The fraction of sp³-hybridized carbons (Fsp3) is 0.400. The second-order valence-corrected chi connectivity index (χ2v) is 7.18. The molecule has 146 valence electrons. The van der Waals surface area contributed by atoms with Gasteiger partial charge in [-0.2, -0.15) is 5.10 Å². The summed E-state index contributed by atoms with van der Waals surface area (Å²) in [5.41, 5.74) is -0.405. The van der Waals surface area contributed by atoms with Crippen molar-refractivity contribution >= 4 is 22.6 Å². The predicted octanol–water partition coefficient (Wildman–Crippen LogP) is 2.42. The Morgan fingerprint density at radius 2 is 1.93 bits per heavy atom. The van der Waals surface area contributed by atoms with E-state index in [1.807, 2.05) is 4.68 Å². The third kappa shape index (κ3) is 3.62. The maximum Gasteiger partial charge on any atom is 0.328 e. The molecule has 0 spiro atoms. The molecule has 2 heterocycles. The van der Waals surface area contributed by atoms with Gasteiger partial charge in [0.05, 0.1) is 23.1 Å². The molecule has 8 heteroatoms. The predicted molar refractivity (Wildman–Crippen MR) is 106 cm³/mol. The first-order chi connectivity index (χ1) is 13.6. The highest BCUT2D eigenvalue weighted by Crippen LogP contribution is 2.29. The molecule has 8 nitrogen and oxygen atoms in total. The minimum Gasteiger partial charge on any atom is -0.311 e. The number of hydrogen-bond acceptors (Lipinski definition) is 4. The van der Waals surface area contributed by atoms with Crippen LogP contribution >= 0.6 is 0 Å². The fourth-order valence-electron chi connectivity index (χ4n) is 3.91. The van der Waals surface area contributed by atoms with Crippen molar-refractivity contribution in [3.05, 3.63) is 57.4 Å². The molecule has 0 unspecified atom stereocenters. The summed E-state index contributed by atoms with van der Waals surface area (Å²) in [5.74, 6) is 0.496. The molecule has 1 aliphatic rings. The van der Waals surface area contributed by atoms with E-state index >= 15 is 0 Å². The number of anilines is 1. The Labute approximate surface area is 161 Å². The topological polar surface area (TPSA) is 102 Å². The number of rotatable bonds is 5. The fourth-order valence-corrected chi connectivity index (χ4v) is 3.91. The van der Waals surface area contributed by atoms with Gasteiger partial charge in [-0.15, -0.1) is 0 Å². The Hall–Kier alpha value is -3.16. The molecule has 2 N–H and O–H groups in total. The van der Waals surface area contributed by atoms with Gasteiger partial charge in [-0.05, 0) is 25.0 Å². The average molecular weight is 381 g/mol. The van der Waals surface area contributed by atoms with Gasteiger partial charge in [-0.25, -0.2) is 9.48 Å². The summed E-state index contributed by atoms with van der Waals surface area (Å²) in [6.45, 7) is 0.180. The number of H-pyrrole nitrogens is 1. The second-order valence-electron chi connectivity index (χ2n) is 7.18. The molecule has 0 aliphatic heterocycles. The van der Waals surface area contributed by atoms with Crippen LogP contribution in [0.4, 0.5) is 5.82 Å². The van der Waals surface area contributed by atoms with Gasteiger partial charge >= 0.3 is 5.69 Å². The van der Waals surface area contributed by atoms with E-state index in [0.717, 1.165) is 12.8 Å². The summed E-state index contributed by atoms with van der Waals surface area (Å²) in [4.78, 5) is 38.9. The molecule has 0 saturated heterocycles. The number of aromatic nitrogens is 4. The molecule has 1 aliphatic carbocycles. The van der Waals surface area contributed by atoms with Crippen molar-refractivity contribution in [3.63, 3.8) is 0 Å². The van der Waals surface area contributed by atoms with Crippen LogP contribution in [0.5, 0.6) is 0 Å². The molecule has 1 aromatic carbocycles. The summed E-state index contributed by atoms with van der Waals surface area (Å²) >= 11 is 0. The number of fused-ring (bicyclic) bond motifs is 1. The van der Waals surface area contributed by atoms with Crippen molar-refractivity contribution in [1.82, 2.24) is 19.3 Å². The number of para-hydroxylation sites is 1. The van der Waals surface area contributed by atoms with Crippen molar-refractivity contribution in [2.24, 2.45) is 0 Å². The molecular weight excluding hydrogens is 358 g/mol. The van der Waals surface area contributed by atoms with E-state index in [0.29, 0.717) is 22.8 Å². The van der Waals surface area contributed by atoms with Crippen molar-refractivity contribution in [2.75, 3.05) is 5.32 Å². The van der Waals surface area contributed by atoms with E-state index in [2.05, 4.69) is 15.4 Å². The number of amides is 1. The van der Waals surface area contributed by atoms with Gasteiger partial charge in [-0.3, -0.25) is 19.1 Å². The number of aryl methyl sites for hydroxylation is 1. The lowest BCUT2D eigenvalue weighted by molar-refractivity contribution is -0.116. The molecule has 3 aromatic rings. The Morgan fingerprint density at radius 1 is 1.14 bits per heavy atom. The van der Waals surface area contributed by atoms with Gasteiger partial charge < -0.3 is 5.32 Å². The molecule has 4 rings (SSSR count). The SMILES string of the molecule is O=C(CCn1c(=O)[nH]c(=O)c2ccccc21)Nc1ccnn1C1CCCCC1. The van der Waals surface area contributed by atoms with Crippen LogP contribution in [0.2, 0.25) is 0 Å². The van der Waals surface area contributed by atoms with E-state index in [4.69, 9.17) is 0 Å². The van der Waals surface area contributed by atoms with Gasteiger partial charge in [0.25, 0.3) is 5.56 Å². The largest absolute Gasteiger partial charge is 0.328 e. The summed E-state index contributed by atoms with van der Waals surface area (Å²) in [7, 11) is 0. The highest BCUT2D eigenvalue weighted by molar-refractivity contribution is 5.90. The lowest BCUT2D eigenvalue weighted by atomic mass is 9.96. The maximum absolute atomic E-state index is 12.5. The minimum atomic E-state index is -0.510. The Kier molecular flexibility index (Phi) is 5.10. The summed E-state index contributed by atoms with van der Waals surface area (Å²) < 4.78 is 3.33. The first-order valence-electron chi connectivity index (χ1n) is 9.69. The van der Waals surface area contributed by atoms with Crippen molar-refractivity contribution in [2.45, 2.75) is 51.1 Å². The van der Waals surface area contributed by atoms with Crippen LogP contribution in [-0.2, 0) is 11.3 Å². The van der Waals surface area contributed by atoms with Crippen molar-refractivity contribution in [3.8, 4) is 0 Å². The molecule has 1 amide bonds. The molecule has 0 atom stereocenters. The number of hydrogen-bond donors (Lipinski definition) is 2. The normalized spacial score (nSPS) is 15.0. The van der Waals surface area contributed by atoms with Gasteiger partial charge in [0.1, 0.15) is 5.82 Å². The highest BCUT2D eigenvalue weighted by Gasteiger charge is 2.19. The van der Waals surface area contributed by atoms with Crippen LogP contribution in [0, 0.1) is 0 Å². The second kappa shape index (κ2) is 7.84. The van der Waals surface area contributed by atoms with Crippen LogP contribution < -0.4 is 16.6 Å². The first-order valence-corrected chi connectivity index (χ1v) is 9.69. The van der Waals surface area contributed by atoms with Crippen LogP contribution in [0.15, 0.2) is 46.1 Å². The summed E-state index contributed by atoms with van der Waals surface area (Å²) in [6, 6.07) is 9.00. The molecule has 28 heavy (non-hydrogen) atoms. The van der Waals surface area contributed by atoms with Gasteiger partial charge in [0.15, 0.2) is 0 Å². The number of aromatic amines is 1. The van der Waals surface area contributed by atoms with Crippen molar-refractivity contribution < 1.29 is 4.79 Å². The number of nitrogens with one attached hydrogen (secondary N) is 2. The lowest BCUT2D eigenvalue weighted by Gasteiger charge is -2.23. The molecule has 2 aromatic heterocycles. The average Bonchev–Trinajstić information content (AvgIpc) is 3.16. The van der Waals surface area contributed by atoms with Crippen LogP contribution in [0.1, 0.15) is 44.6 Å². The third-order valence-electron chi connectivity index (χ3n) is 5.33. The monoisotopic (exact) mass is 381 g/mol. The molecule has 1 saturated carbocycles. The maximum atomic E-state index is 12.5. The quantitative estimate of drug-likeness (QED) is 0.708. The lowest BCUT2D eigenvalue weighted by Crippen LogP contribution is -2.31. The zero-order chi connectivity index (χ0) is 19.5. The van der Waals surface area contributed by atoms with Crippen molar-refractivity contribution in [1.29, 1.82) is 0 Å². The Bertz CT molecular complexity index is 1100. The third-order valence-corrected chi connectivity index (χ3v) is 5.33. The van der Waals surface area contributed by atoms with Gasteiger partial charge in [0, 0.05) is 19.0 Å². The van der Waals surface area contributed by atoms with Crippen LogP contribution in [0.25, 0.3) is 10.9 Å². The standard InChI is InChI=1S/C20H23N5O3/c26-18(22-17-10-12-21-25(17)14-6-2-1-3-7-14)11-13-24-16-9-5-4-8-15(16)19(27)23-20(24)28/h4-5,8-10,12,14H,1-3,6-7,11,13H2,(H,22,26)(H,23,27,28). The zero-order valence-electron chi connectivity index (χ0n) is 15.6. The zero-order valence-corrected chi connectivity index (χ0v) is 15.6. The van der Waals surface area contributed by atoms with E-state index in [9.17, 15) is 14.4 Å². The summed E-state index contributed by atoms with van der Waals surface area (Å²) in [6.07, 6.45) is 7.57. The Balaban J connectivity index is 1.48. The van der Waals surface area contributed by atoms with Gasteiger partial charge in [-0.1, -0.05) is 31.4 Å². The number of carbonyl (C=O) groups excluding carboxylic acids is 1. The number of benzene rings is 1. The number of carbonyl (C=O) groups is 1. The smallest absolute Gasteiger partial charge is 0.311 e. The number of nitrogens with zero attached hydrogens (tertiary/aromatic N) is 3. The molecule has 0 bridgehead atoms. The molecule has 1 fully saturated rings. The van der Waals surface area contributed by atoms with E-state index < -0.39 is 11.2 Å². The van der Waals surface area contributed by atoms with Crippen LogP contribution in [-0.4, -0.2) is 25.2 Å². The minimum absolute atomic E-state index is 0.117. The van der Waals surface area contributed by atoms with E-state index in [1.165, 1.54) is 23.8 Å². The highest BCUT2D eigenvalue weighted by atomic mass is 16.2. The van der Waals surface area contributed by atoms with E-state index in [1.54, 1.807) is 36.5 Å². The van der Waals surface area contributed by atoms with E-state index in [-0.39, 0.29) is 18.9 Å². The molecular formula is C20H23N5O3.